The van der Waals surface area contributed by atoms with Gasteiger partial charge >= 0.3 is 0 Å². The summed E-state index contributed by atoms with van der Waals surface area (Å²) in [5.41, 5.74) is 0.811. The molecule has 5 rings (SSSR count). The third kappa shape index (κ3) is 4.53. The summed E-state index contributed by atoms with van der Waals surface area (Å²) < 4.78 is 34.1. The first-order valence-corrected chi connectivity index (χ1v) is 13.5. The van der Waals surface area contributed by atoms with E-state index in [2.05, 4.69) is 5.32 Å². The molecule has 1 N–H and O–H groups in total. The number of piperidine rings is 1. The van der Waals surface area contributed by atoms with Gasteiger partial charge in [-0.25, -0.2) is 8.42 Å². The van der Waals surface area contributed by atoms with Crippen molar-refractivity contribution in [3.63, 3.8) is 0 Å². The van der Waals surface area contributed by atoms with Crippen molar-refractivity contribution < 1.29 is 17.9 Å². The fourth-order valence-corrected chi connectivity index (χ4v) is 7.20. The Morgan fingerprint density at radius 3 is 2.48 bits per heavy atom. The second kappa shape index (κ2) is 9.11. The van der Waals surface area contributed by atoms with Gasteiger partial charge in [-0.15, -0.1) is 0 Å². The van der Waals surface area contributed by atoms with Gasteiger partial charge in [0, 0.05) is 25.1 Å². The first kappa shape index (κ1) is 22.4. The summed E-state index contributed by atoms with van der Waals surface area (Å²) in [6, 6.07) is 16.4. The highest BCUT2D eigenvalue weighted by Gasteiger charge is 2.43. The number of sulfonamides is 1. The highest BCUT2D eigenvalue weighted by Crippen LogP contribution is 2.46. The van der Waals surface area contributed by atoms with Crippen LogP contribution in [-0.4, -0.2) is 37.3 Å². The van der Waals surface area contributed by atoms with Crippen LogP contribution in [0, 0.1) is 5.92 Å². The molecule has 6 nitrogen and oxygen atoms in total. The van der Waals surface area contributed by atoms with Crippen LogP contribution in [-0.2, 0) is 14.8 Å². The quantitative estimate of drug-likeness (QED) is 0.720. The molecule has 2 aliphatic heterocycles. The molecule has 0 aromatic heterocycles. The van der Waals surface area contributed by atoms with Gasteiger partial charge < -0.3 is 10.1 Å². The van der Waals surface area contributed by atoms with E-state index in [-0.39, 0.29) is 34.9 Å². The number of para-hydroxylation sites is 1. The highest BCUT2D eigenvalue weighted by atomic mass is 32.2. The van der Waals surface area contributed by atoms with Gasteiger partial charge in [-0.05, 0) is 56.7 Å². The minimum Gasteiger partial charge on any atom is -0.487 e. The van der Waals surface area contributed by atoms with E-state index >= 15 is 0 Å². The molecular weight excluding hydrogens is 436 g/mol. The number of hydrogen-bond acceptors (Lipinski definition) is 4. The average molecular weight is 469 g/mol. The molecule has 3 aliphatic rings. The lowest BCUT2D eigenvalue weighted by atomic mass is 9.77. The van der Waals surface area contributed by atoms with Crippen LogP contribution in [0.25, 0.3) is 0 Å². The van der Waals surface area contributed by atoms with Crippen molar-refractivity contribution in [1.82, 2.24) is 9.62 Å². The summed E-state index contributed by atoms with van der Waals surface area (Å²) in [6.07, 6.45) is 7.71. The number of carbonyl (C=O) groups is 1. The number of benzene rings is 2. The summed E-state index contributed by atoms with van der Waals surface area (Å²) >= 11 is 0. The number of rotatable bonds is 4. The van der Waals surface area contributed by atoms with Crippen molar-refractivity contribution in [2.45, 2.75) is 67.9 Å². The minimum atomic E-state index is -3.60. The molecule has 1 saturated heterocycles. The summed E-state index contributed by atoms with van der Waals surface area (Å²) in [5.74, 6) is 0.457. The van der Waals surface area contributed by atoms with Crippen molar-refractivity contribution in [2.24, 2.45) is 5.92 Å². The molecule has 0 bridgehead atoms. The van der Waals surface area contributed by atoms with Crippen molar-refractivity contribution in [3.05, 3.63) is 60.2 Å². The molecular formula is C26H32N2O4S. The Hall–Kier alpha value is -2.38. The van der Waals surface area contributed by atoms with Crippen molar-refractivity contribution in [3.8, 4) is 5.75 Å². The number of hydrogen-bond donors (Lipinski definition) is 1. The molecule has 1 aliphatic carbocycles. The number of ether oxygens (including phenoxy) is 1. The van der Waals surface area contributed by atoms with Crippen LogP contribution in [0.3, 0.4) is 0 Å². The number of fused-ring (bicyclic) bond motifs is 1. The number of carbonyl (C=O) groups excluding carboxylic acids is 1. The zero-order chi connectivity index (χ0) is 22.9. The van der Waals surface area contributed by atoms with Crippen LogP contribution in [0.2, 0.25) is 0 Å². The second-order valence-corrected chi connectivity index (χ2v) is 11.6. The minimum absolute atomic E-state index is 0.0596. The predicted molar refractivity (Wildman–Crippen MR) is 126 cm³/mol. The number of nitrogens with zero attached hydrogens (tertiary/aromatic N) is 1. The zero-order valence-electron chi connectivity index (χ0n) is 18.9. The van der Waals surface area contributed by atoms with Crippen molar-refractivity contribution in [2.75, 3.05) is 13.1 Å². The molecule has 2 aromatic rings. The van der Waals surface area contributed by atoms with E-state index in [9.17, 15) is 13.2 Å². The maximum atomic E-state index is 13.4. The third-order valence-corrected chi connectivity index (χ3v) is 9.29. The molecule has 7 heteroatoms. The first-order chi connectivity index (χ1) is 16.0. The van der Waals surface area contributed by atoms with E-state index < -0.39 is 10.0 Å². The Bertz CT molecular complexity index is 1100. The van der Waals surface area contributed by atoms with Gasteiger partial charge in [-0.1, -0.05) is 42.8 Å². The lowest BCUT2D eigenvalue weighted by Crippen LogP contribution is -2.49. The summed E-state index contributed by atoms with van der Waals surface area (Å²) in [7, 11) is -3.60. The van der Waals surface area contributed by atoms with Crippen molar-refractivity contribution in [1.29, 1.82) is 0 Å². The molecule has 2 atom stereocenters. The van der Waals surface area contributed by atoms with Gasteiger partial charge in [0.05, 0.1) is 16.9 Å². The largest absolute Gasteiger partial charge is 0.487 e. The van der Waals surface area contributed by atoms with E-state index in [0.29, 0.717) is 19.4 Å². The van der Waals surface area contributed by atoms with Gasteiger partial charge in [0.25, 0.3) is 0 Å². The Kier molecular flexibility index (Phi) is 6.18. The topological polar surface area (TPSA) is 75.7 Å². The van der Waals surface area contributed by atoms with Gasteiger partial charge in [0.15, 0.2) is 0 Å². The average Bonchev–Trinajstić information content (AvgIpc) is 2.85. The van der Waals surface area contributed by atoms with Crippen LogP contribution in [0.1, 0.15) is 63.0 Å². The molecule has 2 aromatic carbocycles. The molecule has 2 fully saturated rings. The van der Waals surface area contributed by atoms with Crippen LogP contribution in [0.5, 0.6) is 5.75 Å². The Labute approximate surface area is 196 Å². The predicted octanol–water partition coefficient (Wildman–Crippen LogP) is 4.43. The van der Waals surface area contributed by atoms with E-state index in [1.807, 2.05) is 24.3 Å². The van der Waals surface area contributed by atoms with Crippen LogP contribution < -0.4 is 10.1 Å². The third-order valence-electron chi connectivity index (χ3n) is 7.41. The lowest BCUT2D eigenvalue weighted by Gasteiger charge is -2.45. The summed E-state index contributed by atoms with van der Waals surface area (Å²) in [4.78, 5) is 13.7. The fourth-order valence-electron chi connectivity index (χ4n) is 5.66. The lowest BCUT2D eigenvalue weighted by molar-refractivity contribution is -0.127. The van der Waals surface area contributed by atoms with Gasteiger partial charge in [0.2, 0.25) is 15.9 Å². The summed E-state index contributed by atoms with van der Waals surface area (Å²) in [5, 5.41) is 3.29. The Balaban J connectivity index is 1.32. The standard InChI is InChI=1S/C26H32N2O4S/c29-25(20-10-9-17-28(19-20)33(30,31)21-11-3-1-4-12-21)27-23-18-26(15-7-2-8-16-26)32-24-14-6-5-13-22(23)24/h1,3-6,11-14,20,23H,2,7-10,15-19H2,(H,27,29). The first-order valence-electron chi connectivity index (χ1n) is 12.1. The summed E-state index contributed by atoms with van der Waals surface area (Å²) in [6.45, 7) is 0.670. The van der Waals surface area contributed by atoms with Crippen LogP contribution >= 0.6 is 0 Å². The van der Waals surface area contributed by atoms with E-state index in [4.69, 9.17) is 4.74 Å². The monoisotopic (exact) mass is 468 g/mol. The Morgan fingerprint density at radius 1 is 0.970 bits per heavy atom. The highest BCUT2D eigenvalue weighted by molar-refractivity contribution is 7.89. The molecule has 0 radical (unpaired) electrons. The zero-order valence-corrected chi connectivity index (χ0v) is 19.7. The van der Waals surface area contributed by atoms with Crippen LogP contribution in [0.4, 0.5) is 0 Å². The van der Waals surface area contributed by atoms with E-state index in [0.717, 1.165) is 43.4 Å². The number of nitrogens with one attached hydrogen (secondary N) is 1. The smallest absolute Gasteiger partial charge is 0.243 e. The molecule has 2 unspecified atom stereocenters. The second-order valence-electron chi connectivity index (χ2n) is 9.66. The normalized spacial score (nSPS) is 25.1. The fraction of sp³-hybridized carbons (Fsp3) is 0.500. The van der Waals surface area contributed by atoms with Gasteiger partial charge in [-0.2, -0.15) is 4.31 Å². The molecule has 1 saturated carbocycles. The molecule has 176 valence electrons. The SMILES string of the molecule is O=C(NC1CC2(CCCCC2)Oc2ccccc21)C1CCCN(S(=O)(=O)c2ccccc2)C1. The number of amides is 1. The van der Waals surface area contributed by atoms with E-state index in [1.165, 1.54) is 10.7 Å². The molecule has 33 heavy (non-hydrogen) atoms. The maximum Gasteiger partial charge on any atom is 0.243 e. The molecule has 1 spiro atoms. The van der Waals surface area contributed by atoms with Gasteiger partial charge in [0.1, 0.15) is 11.4 Å². The molecule has 1 amide bonds. The molecule has 2 heterocycles. The van der Waals surface area contributed by atoms with Gasteiger partial charge in [-0.3, -0.25) is 4.79 Å². The van der Waals surface area contributed by atoms with E-state index in [1.54, 1.807) is 30.3 Å². The maximum absolute atomic E-state index is 13.4. The van der Waals surface area contributed by atoms with Crippen LogP contribution in [0.15, 0.2) is 59.5 Å². The Morgan fingerprint density at radius 2 is 1.70 bits per heavy atom. The van der Waals surface area contributed by atoms with Crippen molar-refractivity contribution >= 4 is 15.9 Å².